The number of carbonyl (C=O) groups excluding carboxylic acids is 1. The fraction of sp³-hybridized carbons (Fsp3) is 0.389. The topological polar surface area (TPSA) is 71.4 Å². The van der Waals surface area contributed by atoms with Gasteiger partial charge in [0.05, 0.1) is 25.1 Å². The average Bonchev–Trinajstić information content (AvgIpc) is 3.06. The van der Waals surface area contributed by atoms with Crippen molar-refractivity contribution in [2.45, 2.75) is 20.4 Å². The Hall–Kier alpha value is -2.45. The Labute approximate surface area is 158 Å². The molecule has 0 spiro atoms. The van der Waals surface area contributed by atoms with E-state index in [0.717, 1.165) is 11.3 Å². The summed E-state index contributed by atoms with van der Waals surface area (Å²) in [5.74, 6) is -0.0613. The van der Waals surface area contributed by atoms with E-state index in [4.69, 9.17) is 17.0 Å². The van der Waals surface area contributed by atoms with Gasteiger partial charge >= 0.3 is 0 Å². The number of ether oxygens (including phenoxy) is 1. The van der Waals surface area contributed by atoms with E-state index in [1.807, 2.05) is 38.1 Å². The summed E-state index contributed by atoms with van der Waals surface area (Å²) in [6.07, 6.45) is 1.64. The number of amides is 1. The molecule has 0 aliphatic carbocycles. The molecule has 1 aliphatic heterocycles. The van der Waals surface area contributed by atoms with Crippen molar-refractivity contribution in [3.05, 3.63) is 41.7 Å². The summed E-state index contributed by atoms with van der Waals surface area (Å²) in [5, 5.41) is 11.0. The average molecular weight is 373 g/mol. The van der Waals surface area contributed by atoms with Gasteiger partial charge in [-0.3, -0.25) is 9.48 Å². The number of nitrogens with one attached hydrogen (secondary N) is 2. The molecule has 0 bridgehead atoms. The van der Waals surface area contributed by atoms with E-state index in [2.05, 4.69) is 15.7 Å². The van der Waals surface area contributed by atoms with Gasteiger partial charge in [-0.25, -0.2) is 0 Å². The van der Waals surface area contributed by atoms with Gasteiger partial charge < -0.3 is 20.3 Å². The van der Waals surface area contributed by atoms with Crippen LogP contribution in [-0.2, 0) is 11.3 Å². The Bertz CT molecular complexity index is 799. The predicted molar refractivity (Wildman–Crippen MR) is 106 cm³/mol. The fourth-order valence-corrected chi connectivity index (χ4v) is 3.07. The third kappa shape index (κ3) is 4.03. The largest absolute Gasteiger partial charge is 0.378 e. The first-order valence-corrected chi connectivity index (χ1v) is 9.07. The van der Waals surface area contributed by atoms with Crippen LogP contribution >= 0.6 is 12.2 Å². The molecule has 1 aromatic heterocycles. The highest BCUT2D eigenvalue weighted by atomic mass is 32.1. The van der Waals surface area contributed by atoms with E-state index in [1.165, 1.54) is 0 Å². The Balaban J connectivity index is 1.77. The smallest absolute Gasteiger partial charge is 0.274 e. The van der Waals surface area contributed by atoms with Crippen molar-refractivity contribution < 1.29 is 9.53 Å². The van der Waals surface area contributed by atoms with E-state index >= 15 is 0 Å². The Morgan fingerprint density at radius 2 is 1.92 bits per heavy atom. The molecule has 0 saturated carbocycles. The van der Waals surface area contributed by atoms with Gasteiger partial charge in [-0.05, 0) is 37.7 Å². The molecule has 1 aliphatic rings. The molecule has 0 atom stereocenters. The quantitative estimate of drug-likeness (QED) is 0.803. The number of aromatic nitrogens is 2. The van der Waals surface area contributed by atoms with Crippen molar-refractivity contribution in [2.24, 2.45) is 0 Å². The third-order valence-electron chi connectivity index (χ3n) is 4.28. The van der Waals surface area contributed by atoms with E-state index in [-0.39, 0.29) is 5.91 Å². The number of thiocarbonyl (C=S) groups is 1. The van der Waals surface area contributed by atoms with Crippen LogP contribution in [-0.4, -0.2) is 52.0 Å². The number of nitrogens with zero attached hydrogens (tertiary/aromatic N) is 3. The molecule has 0 unspecified atom stereocenters. The lowest BCUT2D eigenvalue weighted by molar-refractivity contribution is 0.0295. The van der Waals surface area contributed by atoms with Gasteiger partial charge in [0.25, 0.3) is 5.91 Å². The summed E-state index contributed by atoms with van der Waals surface area (Å²) in [6.45, 7) is 6.84. The van der Waals surface area contributed by atoms with Crippen LogP contribution in [0.2, 0.25) is 0 Å². The summed E-state index contributed by atoms with van der Waals surface area (Å²) >= 11 is 5.42. The van der Waals surface area contributed by atoms with Gasteiger partial charge in [0.15, 0.2) is 5.11 Å². The summed E-state index contributed by atoms with van der Waals surface area (Å²) < 4.78 is 7.02. The molecular formula is C18H23N5O2S. The highest BCUT2D eigenvalue weighted by Gasteiger charge is 2.25. The molecule has 7 nitrogen and oxygen atoms in total. The first-order valence-electron chi connectivity index (χ1n) is 8.66. The minimum Gasteiger partial charge on any atom is -0.378 e. The van der Waals surface area contributed by atoms with Gasteiger partial charge in [0.2, 0.25) is 0 Å². The van der Waals surface area contributed by atoms with Crippen LogP contribution in [0.15, 0.2) is 30.5 Å². The standard InChI is InChI=1S/C18H23N5O2S/c1-3-23-16(17(24)22-8-10-25-11-9-22)15(12-19-23)21-18(26)20-14-7-5-4-6-13(14)2/h4-7,12H,3,8-11H2,1-2H3,(H2,20,21,26). The summed E-state index contributed by atoms with van der Waals surface area (Å²) in [6, 6.07) is 7.88. The number of aryl methyl sites for hydroxylation is 2. The zero-order valence-electron chi connectivity index (χ0n) is 15.0. The second kappa shape index (κ2) is 8.29. The Morgan fingerprint density at radius 3 is 2.62 bits per heavy atom. The first-order chi connectivity index (χ1) is 12.6. The number of hydrogen-bond acceptors (Lipinski definition) is 4. The van der Waals surface area contributed by atoms with E-state index in [1.54, 1.807) is 15.8 Å². The SMILES string of the molecule is CCn1ncc(NC(=S)Nc2ccccc2C)c1C(=O)N1CCOCC1. The number of para-hydroxylation sites is 1. The van der Waals surface area contributed by atoms with Crippen LogP contribution in [0, 0.1) is 6.92 Å². The molecule has 2 aromatic rings. The van der Waals surface area contributed by atoms with E-state index in [0.29, 0.717) is 49.3 Å². The van der Waals surface area contributed by atoms with Gasteiger partial charge in [0.1, 0.15) is 5.69 Å². The van der Waals surface area contributed by atoms with Crippen molar-refractivity contribution in [1.82, 2.24) is 14.7 Å². The zero-order valence-corrected chi connectivity index (χ0v) is 15.8. The normalized spacial score (nSPS) is 14.2. The van der Waals surface area contributed by atoms with Crippen LogP contribution in [0.4, 0.5) is 11.4 Å². The number of hydrogen-bond donors (Lipinski definition) is 2. The second-order valence-electron chi connectivity index (χ2n) is 6.02. The molecule has 1 fully saturated rings. The maximum absolute atomic E-state index is 13.0. The lowest BCUT2D eigenvalue weighted by atomic mass is 10.2. The molecule has 1 aromatic carbocycles. The van der Waals surface area contributed by atoms with Crippen LogP contribution in [0.25, 0.3) is 0 Å². The molecule has 0 radical (unpaired) electrons. The van der Waals surface area contributed by atoms with E-state index in [9.17, 15) is 4.79 Å². The Kier molecular flexibility index (Phi) is 5.85. The predicted octanol–water partition coefficient (Wildman–Crippen LogP) is 2.49. The number of morpholine rings is 1. The summed E-state index contributed by atoms with van der Waals surface area (Å²) in [4.78, 5) is 14.7. The molecular weight excluding hydrogens is 350 g/mol. The van der Waals surface area contributed by atoms with Crippen LogP contribution in [0.5, 0.6) is 0 Å². The minimum atomic E-state index is -0.0613. The lowest BCUT2D eigenvalue weighted by Crippen LogP contribution is -2.41. The molecule has 8 heteroatoms. The highest BCUT2D eigenvalue weighted by molar-refractivity contribution is 7.80. The van der Waals surface area contributed by atoms with Crippen molar-refractivity contribution in [3.63, 3.8) is 0 Å². The number of benzene rings is 1. The summed E-state index contributed by atoms with van der Waals surface area (Å²) in [7, 11) is 0. The molecule has 1 amide bonds. The van der Waals surface area contributed by atoms with Gasteiger partial charge in [-0.1, -0.05) is 18.2 Å². The van der Waals surface area contributed by atoms with Gasteiger partial charge in [0, 0.05) is 25.3 Å². The monoisotopic (exact) mass is 373 g/mol. The van der Waals surface area contributed by atoms with Crippen LogP contribution < -0.4 is 10.6 Å². The first kappa shape index (κ1) is 18.3. The van der Waals surface area contributed by atoms with Crippen LogP contribution in [0.3, 0.4) is 0 Å². The Morgan fingerprint density at radius 1 is 1.23 bits per heavy atom. The molecule has 1 saturated heterocycles. The second-order valence-corrected chi connectivity index (χ2v) is 6.43. The number of carbonyl (C=O) groups is 1. The van der Waals surface area contributed by atoms with E-state index < -0.39 is 0 Å². The van der Waals surface area contributed by atoms with Gasteiger partial charge in [-0.2, -0.15) is 5.10 Å². The maximum atomic E-state index is 13.0. The highest BCUT2D eigenvalue weighted by Crippen LogP contribution is 2.20. The molecule has 138 valence electrons. The lowest BCUT2D eigenvalue weighted by Gasteiger charge is -2.27. The number of anilines is 2. The third-order valence-corrected chi connectivity index (χ3v) is 4.49. The summed E-state index contributed by atoms with van der Waals surface area (Å²) in [5.41, 5.74) is 3.14. The van der Waals surface area contributed by atoms with Crippen molar-refractivity contribution in [1.29, 1.82) is 0 Å². The number of rotatable bonds is 4. The fourth-order valence-electron chi connectivity index (χ4n) is 2.85. The van der Waals surface area contributed by atoms with Crippen LogP contribution in [0.1, 0.15) is 23.0 Å². The molecule has 3 rings (SSSR count). The molecule has 2 heterocycles. The molecule has 26 heavy (non-hydrogen) atoms. The maximum Gasteiger partial charge on any atom is 0.274 e. The van der Waals surface area contributed by atoms with Crippen molar-refractivity contribution >= 4 is 34.6 Å². The van der Waals surface area contributed by atoms with Crippen molar-refractivity contribution in [3.8, 4) is 0 Å². The molecule has 2 N–H and O–H groups in total. The minimum absolute atomic E-state index is 0.0613. The van der Waals surface area contributed by atoms with Gasteiger partial charge in [-0.15, -0.1) is 0 Å². The van der Waals surface area contributed by atoms with Crippen molar-refractivity contribution in [2.75, 3.05) is 36.9 Å². The zero-order chi connectivity index (χ0) is 18.5.